The van der Waals surface area contributed by atoms with Gasteiger partial charge >= 0.3 is 18.0 Å². The van der Waals surface area contributed by atoms with Crippen molar-refractivity contribution in [3.8, 4) is 0 Å². The molecule has 2 N–H and O–H groups in total. The molecule has 0 unspecified atom stereocenters. The molecule has 1 aromatic carbocycles. The molecule has 2 rings (SSSR count). The van der Waals surface area contributed by atoms with Gasteiger partial charge in [-0.3, -0.25) is 5.32 Å². The van der Waals surface area contributed by atoms with E-state index in [2.05, 4.69) is 10.3 Å². The van der Waals surface area contributed by atoms with Crippen LogP contribution in [-0.4, -0.2) is 47.4 Å². The Morgan fingerprint density at radius 2 is 1.67 bits per heavy atom. The van der Waals surface area contributed by atoms with E-state index in [1.807, 2.05) is 0 Å². The van der Waals surface area contributed by atoms with Crippen molar-refractivity contribution in [2.75, 3.05) is 13.2 Å². The maximum atomic E-state index is 13.0. The minimum atomic E-state index is -2.13. The molecule has 0 aliphatic carbocycles. The fraction of sp³-hybridized carbons (Fsp3) is 0.476. The third-order valence-electron chi connectivity index (χ3n) is 4.15. The molecule has 8 nitrogen and oxygen atoms in total. The minimum absolute atomic E-state index is 0.00962. The van der Waals surface area contributed by atoms with Gasteiger partial charge in [-0.2, -0.15) is 0 Å². The summed E-state index contributed by atoms with van der Waals surface area (Å²) in [5.41, 5.74) is -1.64. The molecule has 0 radical (unpaired) electrons. The number of amides is 1. The SMILES string of the molecule is CCOC(=O)C(Cc1c[nH]c2ccc(Cl)cc12)(NC(=O)OC(C)(C)C)C(=O)OCC. The van der Waals surface area contributed by atoms with Gasteiger partial charge in [0.05, 0.1) is 13.2 Å². The molecule has 30 heavy (non-hydrogen) atoms. The molecule has 0 fully saturated rings. The van der Waals surface area contributed by atoms with E-state index in [0.717, 1.165) is 5.52 Å². The first kappa shape index (κ1) is 23.5. The van der Waals surface area contributed by atoms with Gasteiger partial charge in [-0.1, -0.05) is 11.6 Å². The minimum Gasteiger partial charge on any atom is -0.464 e. The Hall–Kier alpha value is -2.74. The van der Waals surface area contributed by atoms with Crippen LogP contribution in [0.2, 0.25) is 5.02 Å². The predicted molar refractivity (Wildman–Crippen MR) is 112 cm³/mol. The van der Waals surface area contributed by atoms with Crippen molar-refractivity contribution in [1.29, 1.82) is 0 Å². The van der Waals surface area contributed by atoms with E-state index in [0.29, 0.717) is 16.0 Å². The van der Waals surface area contributed by atoms with Crippen molar-refractivity contribution in [2.24, 2.45) is 0 Å². The van der Waals surface area contributed by atoms with E-state index >= 15 is 0 Å². The molecule has 2 aromatic rings. The van der Waals surface area contributed by atoms with Crippen LogP contribution in [0.15, 0.2) is 24.4 Å². The van der Waals surface area contributed by atoms with Crippen molar-refractivity contribution in [3.63, 3.8) is 0 Å². The first-order chi connectivity index (χ1) is 14.0. The van der Waals surface area contributed by atoms with Gasteiger partial charge in [-0.25, -0.2) is 14.4 Å². The van der Waals surface area contributed by atoms with Gasteiger partial charge in [0, 0.05) is 28.5 Å². The molecule has 0 aliphatic rings. The summed E-state index contributed by atoms with van der Waals surface area (Å²) >= 11 is 6.11. The average molecular weight is 439 g/mol. The topological polar surface area (TPSA) is 107 Å². The number of nitrogens with one attached hydrogen (secondary N) is 2. The van der Waals surface area contributed by atoms with Crippen LogP contribution < -0.4 is 5.32 Å². The molecule has 0 spiro atoms. The number of fused-ring (bicyclic) bond motifs is 1. The van der Waals surface area contributed by atoms with Gasteiger partial charge in [0.1, 0.15) is 5.60 Å². The number of H-pyrrole nitrogens is 1. The van der Waals surface area contributed by atoms with Gasteiger partial charge < -0.3 is 19.2 Å². The number of esters is 2. The van der Waals surface area contributed by atoms with Gasteiger partial charge in [-0.05, 0) is 58.4 Å². The highest BCUT2D eigenvalue weighted by Crippen LogP contribution is 2.27. The van der Waals surface area contributed by atoms with Crippen molar-refractivity contribution in [1.82, 2.24) is 10.3 Å². The maximum absolute atomic E-state index is 13.0. The molecule has 0 bridgehead atoms. The van der Waals surface area contributed by atoms with Crippen LogP contribution in [0.3, 0.4) is 0 Å². The molecular formula is C21H27ClN2O6. The summed E-state index contributed by atoms with van der Waals surface area (Å²) in [7, 11) is 0. The van der Waals surface area contributed by atoms with Crippen LogP contribution in [0.5, 0.6) is 0 Å². The number of ether oxygens (including phenoxy) is 3. The van der Waals surface area contributed by atoms with E-state index in [4.69, 9.17) is 25.8 Å². The largest absolute Gasteiger partial charge is 0.464 e. The number of aromatic nitrogens is 1. The summed E-state index contributed by atoms with van der Waals surface area (Å²) in [6.45, 7) is 8.24. The fourth-order valence-electron chi connectivity index (χ4n) is 2.94. The lowest BCUT2D eigenvalue weighted by molar-refractivity contribution is -0.166. The second-order valence-electron chi connectivity index (χ2n) is 7.65. The monoisotopic (exact) mass is 438 g/mol. The third kappa shape index (κ3) is 5.44. The number of rotatable bonds is 7. The van der Waals surface area contributed by atoms with Gasteiger partial charge in [0.25, 0.3) is 0 Å². The molecule has 0 saturated carbocycles. The highest BCUT2D eigenvalue weighted by atomic mass is 35.5. The lowest BCUT2D eigenvalue weighted by atomic mass is 9.90. The predicted octanol–water partition coefficient (Wildman–Crippen LogP) is 3.75. The Morgan fingerprint density at radius 3 is 2.20 bits per heavy atom. The van der Waals surface area contributed by atoms with Crippen LogP contribution in [0, 0.1) is 0 Å². The first-order valence-electron chi connectivity index (χ1n) is 9.63. The smallest absolute Gasteiger partial charge is 0.409 e. The van der Waals surface area contributed by atoms with Crippen molar-refractivity contribution in [2.45, 2.75) is 52.2 Å². The van der Waals surface area contributed by atoms with Gasteiger partial charge in [0.2, 0.25) is 5.54 Å². The van der Waals surface area contributed by atoms with Crippen LogP contribution in [0.4, 0.5) is 4.79 Å². The standard InChI is InChI=1S/C21H27ClN2O6/c1-6-28-17(25)21(18(26)29-7-2,24-19(27)30-20(3,4)5)11-13-12-23-16-9-8-14(22)10-15(13)16/h8-10,12,23H,6-7,11H2,1-5H3,(H,24,27). The molecule has 9 heteroatoms. The lowest BCUT2D eigenvalue weighted by Gasteiger charge is -2.31. The highest BCUT2D eigenvalue weighted by Gasteiger charge is 2.51. The number of benzene rings is 1. The van der Waals surface area contributed by atoms with E-state index in [1.54, 1.807) is 59.0 Å². The second-order valence-corrected chi connectivity index (χ2v) is 8.09. The zero-order chi connectivity index (χ0) is 22.5. The molecule has 1 aromatic heterocycles. The third-order valence-corrected chi connectivity index (χ3v) is 4.38. The summed E-state index contributed by atoms with van der Waals surface area (Å²) in [5.74, 6) is -1.88. The Bertz CT molecular complexity index is 913. The number of halogens is 1. The van der Waals surface area contributed by atoms with E-state index in [1.165, 1.54) is 0 Å². The van der Waals surface area contributed by atoms with Gasteiger partial charge in [-0.15, -0.1) is 0 Å². The van der Waals surface area contributed by atoms with E-state index in [-0.39, 0.29) is 19.6 Å². The molecule has 0 saturated heterocycles. The van der Waals surface area contributed by atoms with Crippen molar-refractivity contribution < 1.29 is 28.6 Å². The van der Waals surface area contributed by atoms with Crippen molar-refractivity contribution >= 4 is 40.5 Å². The Balaban J connectivity index is 2.55. The zero-order valence-electron chi connectivity index (χ0n) is 17.8. The first-order valence-corrected chi connectivity index (χ1v) is 10.0. The Kier molecular flexibility index (Phi) is 7.36. The number of hydrogen-bond acceptors (Lipinski definition) is 6. The normalized spacial score (nSPS) is 11.8. The zero-order valence-corrected chi connectivity index (χ0v) is 18.5. The molecule has 0 aliphatic heterocycles. The van der Waals surface area contributed by atoms with Crippen LogP contribution in [-0.2, 0) is 30.2 Å². The Labute approximate surface area is 180 Å². The average Bonchev–Trinajstić information content (AvgIpc) is 3.01. The molecular weight excluding hydrogens is 412 g/mol. The van der Waals surface area contributed by atoms with Gasteiger partial charge in [0.15, 0.2) is 0 Å². The summed E-state index contributed by atoms with van der Waals surface area (Å²) < 4.78 is 15.6. The fourth-order valence-corrected chi connectivity index (χ4v) is 3.12. The molecule has 1 amide bonds. The number of aromatic amines is 1. The number of hydrogen-bond donors (Lipinski definition) is 2. The van der Waals surface area contributed by atoms with Crippen molar-refractivity contribution in [3.05, 3.63) is 35.0 Å². The maximum Gasteiger partial charge on any atom is 0.409 e. The summed E-state index contributed by atoms with van der Waals surface area (Å²) in [6, 6.07) is 5.20. The molecule has 0 atom stereocenters. The second kappa shape index (κ2) is 9.38. The molecule has 1 heterocycles. The number of carbonyl (C=O) groups excluding carboxylic acids is 3. The van der Waals surface area contributed by atoms with E-state index in [9.17, 15) is 14.4 Å². The highest BCUT2D eigenvalue weighted by molar-refractivity contribution is 6.31. The molecule has 164 valence electrons. The quantitative estimate of drug-likeness (QED) is 0.387. The van der Waals surface area contributed by atoms with Crippen LogP contribution >= 0.6 is 11.6 Å². The number of alkyl carbamates (subject to hydrolysis) is 1. The summed E-state index contributed by atoms with van der Waals surface area (Å²) in [6.07, 6.45) is 0.483. The Morgan fingerprint density at radius 1 is 1.07 bits per heavy atom. The number of carbonyl (C=O) groups is 3. The summed E-state index contributed by atoms with van der Waals surface area (Å²) in [4.78, 5) is 41.6. The van der Waals surface area contributed by atoms with Crippen LogP contribution in [0.25, 0.3) is 10.9 Å². The lowest BCUT2D eigenvalue weighted by Crippen LogP contribution is -2.63. The summed E-state index contributed by atoms with van der Waals surface area (Å²) in [5, 5.41) is 3.60. The van der Waals surface area contributed by atoms with E-state index < -0.39 is 29.2 Å². The van der Waals surface area contributed by atoms with Crippen LogP contribution in [0.1, 0.15) is 40.2 Å².